The molecule has 3 aromatic rings. The monoisotopic (exact) mass is 607 g/mol. The third-order valence-corrected chi connectivity index (χ3v) is 6.68. The standard InChI is InChI=1S/C34H41NO9/c1-7-22(2)32(36)42-20-24(4)40-19-23(3)41-21-25(5)43-29-15-10-27(11-16-29)34(38)44-30-13-8-26(9-14-30)31-17-12-28(18-35-31)33(37)39-6/h8-18,22-25H,7,19-21H2,1-6H3. The summed E-state index contributed by atoms with van der Waals surface area (Å²) in [6.07, 6.45) is 1.54. The van der Waals surface area contributed by atoms with E-state index in [1.807, 2.05) is 34.6 Å². The Morgan fingerprint density at radius 1 is 0.705 bits per heavy atom. The molecule has 0 spiro atoms. The zero-order chi connectivity index (χ0) is 32.1. The minimum Gasteiger partial charge on any atom is -0.488 e. The lowest BCUT2D eigenvalue weighted by molar-refractivity contribution is -0.152. The molecule has 0 aliphatic rings. The predicted octanol–water partition coefficient (Wildman–Crippen LogP) is 5.92. The number of benzene rings is 2. The zero-order valence-corrected chi connectivity index (χ0v) is 26.1. The molecule has 236 valence electrons. The first-order chi connectivity index (χ1) is 21.1. The summed E-state index contributed by atoms with van der Waals surface area (Å²) in [6.45, 7) is 10.3. The van der Waals surface area contributed by atoms with Gasteiger partial charge in [0, 0.05) is 11.8 Å². The first-order valence-electron chi connectivity index (χ1n) is 14.6. The highest BCUT2D eigenvalue weighted by Crippen LogP contribution is 2.22. The van der Waals surface area contributed by atoms with Crippen molar-refractivity contribution < 1.29 is 42.8 Å². The Balaban J connectivity index is 1.39. The van der Waals surface area contributed by atoms with Gasteiger partial charge in [-0.05, 0) is 87.9 Å². The molecule has 0 radical (unpaired) electrons. The van der Waals surface area contributed by atoms with Crippen LogP contribution in [-0.4, -0.2) is 68.1 Å². The van der Waals surface area contributed by atoms with Crippen molar-refractivity contribution in [2.45, 2.75) is 59.4 Å². The Hall–Kier alpha value is -4.28. The van der Waals surface area contributed by atoms with Crippen LogP contribution >= 0.6 is 0 Å². The summed E-state index contributed by atoms with van der Waals surface area (Å²) in [5, 5.41) is 0. The molecule has 0 aliphatic carbocycles. The van der Waals surface area contributed by atoms with Crippen LogP contribution < -0.4 is 9.47 Å². The van der Waals surface area contributed by atoms with Crippen LogP contribution in [0.5, 0.6) is 11.5 Å². The molecule has 4 unspecified atom stereocenters. The Bertz CT molecular complexity index is 1340. The second kappa shape index (κ2) is 17.1. The summed E-state index contributed by atoms with van der Waals surface area (Å²) in [7, 11) is 1.32. The first kappa shape index (κ1) is 34.2. The molecule has 10 heteroatoms. The van der Waals surface area contributed by atoms with Gasteiger partial charge in [0.15, 0.2) is 0 Å². The average Bonchev–Trinajstić information content (AvgIpc) is 3.05. The minimum atomic E-state index is -0.501. The molecule has 0 fully saturated rings. The molecular weight excluding hydrogens is 566 g/mol. The third kappa shape index (κ3) is 10.8. The van der Waals surface area contributed by atoms with Crippen molar-refractivity contribution in [1.82, 2.24) is 4.98 Å². The molecule has 3 rings (SSSR count). The summed E-state index contributed by atoms with van der Waals surface area (Å²) in [6, 6.07) is 17.0. The largest absolute Gasteiger partial charge is 0.488 e. The van der Waals surface area contributed by atoms with Gasteiger partial charge in [-0.2, -0.15) is 0 Å². The molecule has 0 amide bonds. The Morgan fingerprint density at radius 2 is 1.30 bits per heavy atom. The molecule has 0 saturated heterocycles. The fourth-order valence-electron chi connectivity index (χ4n) is 3.80. The smallest absolute Gasteiger partial charge is 0.343 e. The van der Waals surface area contributed by atoms with Crippen molar-refractivity contribution in [2.24, 2.45) is 5.92 Å². The molecule has 1 aromatic heterocycles. The van der Waals surface area contributed by atoms with Crippen molar-refractivity contribution in [3.8, 4) is 22.8 Å². The molecule has 4 atom stereocenters. The maximum atomic E-state index is 12.7. The maximum Gasteiger partial charge on any atom is 0.343 e. The van der Waals surface area contributed by atoms with Crippen LogP contribution in [-0.2, 0) is 23.7 Å². The van der Waals surface area contributed by atoms with Crippen LogP contribution in [0.15, 0.2) is 66.9 Å². The van der Waals surface area contributed by atoms with Crippen LogP contribution in [0.1, 0.15) is 61.8 Å². The predicted molar refractivity (Wildman–Crippen MR) is 164 cm³/mol. The summed E-state index contributed by atoms with van der Waals surface area (Å²) in [4.78, 5) is 40.3. The Kier molecular flexibility index (Phi) is 13.3. The van der Waals surface area contributed by atoms with Gasteiger partial charge in [-0.3, -0.25) is 9.78 Å². The van der Waals surface area contributed by atoms with E-state index in [4.69, 9.17) is 23.7 Å². The molecule has 2 aromatic carbocycles. The second-order valence-corrected chi connectivity index (χ2v) is 10.5. The Morgan fingerprint density at radius 3 is 1.89 bits per heavy atom. The number of esters is 3. The van der Waals surface area contributed by atoms with E-state index in [1.165, 1.54) is 13.3 Å². The number of ether oxygens (including phenoxy) is 6. The number of carbonyl (C=O) groups is 3. The van der Waals surface area contributed by atoms with Crippen LogP contribution in [0.25, 0.3) is 11.3 Å². The molecule has 10 nitrogen and oxygen atoms in total. The quantitative estimate of drug-likeness (QED) is 0.143. The molecule has 0 N–H and O–H groups in total. The molecule has 0 aliphatic heterocycles. The van der Waals surface area contributed by atoms with Gasteiger partial charge in [-0.25, -0.2) is 9.59 Å². The van der Waals surface area contributed by atoms with Gasteiger partial charge in [-0.15, -0.1) is 0 Å². The lowest BCUT2D eigenvalue weighted by Crippen LogP contribution is -2.28. The van der Waals surface area contributed by atoms with E-state index in [2.05, 4.69) is 9.72 Å². The van der Waals surface area contributed by atoms with Gasteiger partial charge in [-0.1, -0.05) is 13.8 Å². The minimum absolute atomic E-state index is 0.119. The highest BCUT2D eigenvalue weighted by molar-refractivity contribution is 5.91. The Labute approximate surface area is 258 Å². The van der Waals surface area contributed by atoms with E-state index >= 15 is 0 Å². The van der Waals surface area contributed by atoms with Crippen molar-refractivity contribution in [2.75, 3.05) is 26.9 Å². The number of pyridine rings is 1. The van der Waals surface area contributed by atoms with Crippen molar-refractivity contribution >= 4 is 17.9 Å². The van der Waals surface area contributed by atoms with Crippen LogP contribution in [0, 0.1) is 5.92 Å². The SMILES string of the molecule is CCC(C)C(=O)OCC(C)OCC(C)OCC(C)Oc1ccc(C(=O)Oc2ccc(-c3ccc(C(=O)OC)cn3)cc2)cc1. The number of hydrogen-bond acceptors (Lipinski definition) is 10. The molecule has 44 heavy (non-hydrogen) atoms. The molecule has 0 saturated carbocycles. The van der Waals surface area contributed by atoms with E-state index in [1.54, 1.807) is 60.7 Å². The van der Waals surface area contributed by atoms with Gasteiger partial charge < -0.3 is 28.4 Å². The fraction of sp³-hybridized carbons (Fsp3) is 0.412. The van der Waals surface area contributed by atoms with Crippen LogP contribution in [0.2, 0.25) is 0 Å². The van der Waals surface area contributed by atoms with Gasteiger partial charge in [0.05, 0.1) is 55.3 Å². The number of hydrogen-bond donors (Lipinski definition) is 0. The van der Waals surface area contributed by atoms with Gasteiger partial charge in [0.1, 0.15) is 24.2 Å². The normalized spacial score (nSPS) is 13.7. The van der Waals surface area contributed by atoms with E-state index < -0.39 is 11.9 Å². The fourth-order valence-corrected chi connectivity index (χ4v) is 3.80. The molecule has 0 bridgehead atoms. The lowest BCUT2D eigenvalue weighted by atomic mass is 10.1. The van der Waals surface area contributed by atoms with Crippen molar-refractivity contribution in [3.63, 3.8) is 0 Å². The number of methoxy groups -OCH3 is 1. The first-order valence-corrected chi connectivity index (χ1v) is 14.6. The molecular formula is C34H41NO9. The van der Waals surface area contributed by atoms with Gasteiger partial charge >= 0.3 is 17.9 Å². The number of aromatic nitrogens is 1. The lowest BCUT2D eigenvalue weighted by Gasteiger charge is -2.21. The van der Waals surface area contributed by atoms with Gasteiger partial charge in [0.25, 0.3) is 0 Å². The summed E-state index contributed by atoms with van der Waals surface area (Å²) in [5.41, 5.74) is 2.21. The molecule has 1 heterocycles. The van der Waals surface area contributed by atoms with Crippen molar-refractivity contribution in [1.29, 1.82) is 0 Å². The number of rotatable bonds is 16. The van der Waals surface area contributed by atoms with E-state index in [-0.39, 0.29) is 36.8 Å². The van der Waals surface area contributed by atoms with E-state index in [0.717, 1.165) is 12.0 Å². The summed E-state index contributed by atoms with van der Waals surface area (Å²) >= 11 is 0. The van der Waals surface area contributed by atoms with Crippen molar-refractivity contribution in [3.05, 3.63) is 78.0 Å². The third-order valence-electron chi connectivity index (χ3n) is 6.68. The number of carbonyl (C=O) groups excluding carboxylic acids is 3. The maximum absolute atomic E-state index is 12.7. The number of nitrogens with zero attached hydrogens (tertiary/aromatic N) is 1. The van der Waals surface area contributed by atoms with Crippen LogP contribution in [0.4, 0.5) is 0 Å². The zero-order valence-electron chi connectivity index (χ0n) is 26.1. The average molecular weight is 608 g/mol. The summed E-state index contributed by atoms with van der Waals surface area (Å²) < 4.78 is 33.0. The summed E-state index contributed by atoms with van der Waals surface area (Å²) in [5.74, 6) is -0.310. The highest BCUT2D eigenvalue weighted by Gasteiger charge is 2.16. The van der Waals surface area contributed by atoms with Gasteiger partial charge in [0.2, 0.25) is 0 Å². The topological polar surface area (TPSA) is 119 Å². The highest BCUT2D eigenvalue weighted by atomic mass is 16.6. The second-order valence-electron chi connectivity index (χ2n) is 10.5. The van der Waals surface area contributed by atoms with E-state index in [0.29, 0.717) is 41.5 Å². The van der Waals surface area contributed by atoms with Crippen LogP contribution in [0.3, 0.4) is 0 Å². The van der Waals surface area contributed by atoms with E-state index in [9.17, 15) is 14.4 Å².